The van der Waals surface area contributed by atoms with E-state index in [0.29, 0.717) is 5.56 Å². The van der Waals surface area contributed by atoms with Gasteiger partial charge in [-0.05, 0) is 62.7 Å². The lowest BCUT2D eigenvalue weighted by molar-refractivity contribution is -0.122. The van der Waals surface area contributed by atoms with E-state index in [1.54, 1.807) is 12.1 Å². The Morgan fingerprint density at radius 1 is 1.00 bits per heavy atom. The number of amides is 2. The fourth-order valence-electron chi connectivity index (χ4n) is 2.64. The predicted octanol–water partition coefficient (Wildman–Crippen LogP) is 3.07. The van der Waals surface area contributed by atoms with Gasteiger partial charge >= 0.3 is 0 Å². The van der Waals surface area contributed by atoms with Crippen LogP contribution < -0.4 is 20.5 Å². The molecule has 0 radical (unpaired) electrons. The number of carbonyl (C=O) groups is 2. The molecular formula is C21H27N3O3. The summed E-state index contributed by atoms with van der Waals surface area (Å²) in [4.78, 5) is 26.2. The molecule has 0 aliphatic rings. The molecule has 6 heteroatoms. The van der Waals surface area contributed by atoms with Crippen molar-refractivity contribution in [2.45, 2.75) is 27.2 Å². The topological polar surface area (TPSA) is 70.7 Å². The van der Waals surface area contributed by atoms with Gasteiger partial charge in [-0.25, -0.2) is 0 Å². The summed E-state index contributed by atoms with van der Waals surface area (Å²) in [5, 5.41) is 0. The van der Waals surface area contributed by atoms with Gasteiger partial charge in [0, 0.05) is 24.3 Å². The first-order valence-electron chi connectivity index (χ1n) is 9.17. The normalized spacial score (nSPS) is 10.2. The highest BCUT2D eigenvalue weighted by atomic mass is 16.5. The molecule has 0 saturated heterocycles. The van der Waals surface area contributed by atoms with Crippen molar-refractivity contribution in [2.24, 2.45) is 0 Å². The van der Waals surface area contributed by atoms with Crippen LogP contribution in [0.25, 0.3) is 0 Å². The monoisotopic (exact) mass is 369 g/mol. The molecule has 2 aromatic carbocycles. The molecule has 2 rings (SSSR count). The summed E-state index contributed by atoms with van der Waals surface area (Å²) < 4.78 is 5.53. The van der Waals surface area contributed by atoms with Crippen molar-refractivity contribution in [2.75, 3.05) is 24.6 Å². The highest BCUT2D eigenvalue weighted by molar-refractivity contribution is 5.95. The third-order valence-electron chi connectivity index (χ3n) is 4.16. The molecule has 0 aliphatic carbocycles. The molecule has 0 heterocycles. The Hall–Kier alpha value is -3.02. The van der Waals surface area contributed by atoms with Gasteiger partial charge in [0.05, 0.1) is 13.0 Å². The molecule has 0 unspecified atom stereocenters. The summed E-state index contributed by atoms with van der Waals surface area (Å²) in [7, 11) is 0. The number of anilines is 1. The molecule has 2 amide bonds. The summed E-state index contributed by atoms with van der Waals surface area (Å²) in [5.41, 5.74) is 7.48. The van der Waals surface area contributed by atoms with Gasteiger partial charge in [-0.15, -0.1) is 0 Å². The second kappa shape index (κ2) is 10.2. The molecule has 0 bridgehead atoms. The predicted molar refractivity (Wildman–Crippen MR) is 107 cm³/mol. The van der Waals surface area contributed by atoms with Gasteiger partial charge in [0.25, 0.3) is 5.91 Å². The van der Waals surface area contributed by atoms with E-state index in [0.717, 1.165) is 30.1 Å². The van der Waals surface area contributed by atoms with Crippen LogP contribution in [0.3, 0.4) is 0 Å². The molecule has 0 aromatic heterocycles. The van der Waals surface area contributed by atoms with Crippen LogP contribution in [0.2, 0.25) is 0 Å². The number of nitrogens with one attached hydrogen (secondary N) is 2. The number of hydrazine groups is 1. The van der Waals surface area contributed by atoms with Crippen molar-refractivity contribution in [1.29, 1.82) is 0 Å². The SMILES string of the molecule is CCN(CC)c1ccc(C(=O)NNC(=O)CCOc2cccc(C)c2)cc1. The van der Waals surface area contributed by atoms with Gasteiger partial charge in [-0.3, -0.25) is 20.4 Å². The standard InChI is InChI=1S/C21H27N3O3/c1-4-24(5-2)18-11-9-17(10-12-18)21(26)23-22-20(25)13-14-27-19-8-6-7-16(3)15-19/h6-12,15H,4-5,13-14H2,1-3H3,(H,22,25)(H,23,26). The second-order valence-electron chi connectivity index (χ2n) is 6.14. The Morgan fingerprint density at radius 2 is 1.70 bits per heavy atom. The van der Waals surface area contributed by atoms with Gasteiger partial charge in [0.15, 0.2) is 0 Å². The van der Waals surface area contributed by atoms with Crippen LogP contribution in [0.15, 0.2) is 48.5 Å². The van der Waals surface area contributed by atoms with E-state index < -0.39 is 0 Å². The third-order valence-corrected chi connectivity index (χ3v) is 4.16. The number of hydrogen-bond donors (Lipinski definition) is 2. The zero-order valence-electron chi connectivity index (χ0n) is 16.1. The highest BCUT2D eigenvalue weighted by Gasteiger charge is 2.09. The Bertz CT molecular complexity index is 756. The lowest BCUT2D eigenvalue weighted by Gasteiger charge is -2.21. The Balaban J connectivity index is 1.75. The molecule has 0 saturated carbocycles. The fraction of sp³-hybridized carbons (Fsp3) is 0.333. The minimum Gasteiger partial charge on any atom is -0.493 e. The van der Waals surface area contributed by atoms with Crippen LogP contribution in [0, 0.1) is 6.92 Å². The molecule has 144 valence electrons. The van der Waals surface area contributed by atoms with Gasteiger partial charge in [-0.2, -0.15) is 0 Å². The lowest BCUT2D eigenvalue weighted by atomic mass is 10.2. The van der Waals surface area contributed by atoms with E-state index in [1.165, 1.54) is 0 Å². The minimum atomic E-state index is -0.353. The van der Waals surface area contributed by atoms with Crippen LogP contribution in [0.4, 0.5) is 5.69 Å². The summed E-state index contributed by atoms with van der Waals surface area (Å²) in [6.45, 7) is 8.20. The van der Waals surface area contributed by atoms with Crippen LogP contribution in [-0.2, 0) is 4.79 Å². The summed E-state index contributed by atoms with van der Waals surface area (Å²) in [5.74, 6) is 0.0601. The number of hydrogen-bond acceptors (Lipinski definition) is 4. The Morgan fingerprint density at radius 3 is 2.33 bits per heavy atom. The summed E-state index contributed by atoms with van der Waals surface area (Å²) in [6.07, 6.45) is 0.148. The molecule has 0 fully saturated rings. The Labute approximate surface area is 160 Å². The van der Waals surface area contributed by atoms with Crippen molar-refractivity contribution in [3.05, 3.63) is 59.7 Å². The first kappa shape index (κ1) is 20.3. The molecule has 2 N–H and O–H groups in total. The van der Waals surface area contributed by atoms with Crippen molar-refractivity contribution in [1.82, 2.24) is 10.9 Å². The quantitative estimate of drug-likeness (QED) is 0.702. The smallest absolute Gasteiger partial charge is 0.269 e. The first-order chi connectivity index (χ1) is 13.0. The zero-order valence-corrected chi connectivity index (χ0v) is 16.1. The Kier molecular flexibility index (Phi) is 7.67. The van der Waals surface area contributed by atoms with Crippen LogP contribution in [0.5, 0.6) is 5.75 Å². The largest absolute Gasteiger partial charge is 0.493 e. The van der Waals surface area contributed by atoms with E-state index in [-0.39, 0.29) is 24.8 Å². The molecular weight excluding hydrogens is 342 g/mol. The van der Waals surface area contributed by atoms with Crippen molar-refractivity contribution >= 4 is 17.5 Å². The summed E-state index contributed by atoms with van der Waals surface area (Å²) in [6, 6.07) is 14.9. The summed E-state index contributed by atoms with van der Waals surface area (Å²) >= 11 is 0. The van der Waals surface area contributed by atoms with Crippen LogP contribution in [0.1, 0.15) is 36.2 Å². The van der Waals surface area contributed by atoms with Crippen molar-refractivity contribution < 1.29 is 14.3 Å². The number of benzene rings is 2. The fourth-order valence-corrected chi connectivity index (χ4v) is 2.64. The maximum absolute atomic E-state index is 12.1. The molecule has 0 aliphatic heterocycles. The number of carbonyl (C=O) groups excluding carboxylic acids is 2. The third kappa shape index (κ3) is 6.33. The van der Waals surface area contributed by atoms with E-state index in [9.17, 15) is 9.59 Å². The van der Waals surface area contributed by atoms with Gasteiger partial charge in [0.2, 0.25) is 5.91 Å². The van der Waals surface area contributed by atoms with Crippen molar-refractivity contribution in [3.63, 3.8) is 0 Å². The number of rotatable bonds is 8. The van der Waals surface area contributed by atoms with Gasteiger partial charge < -0.3 is 9.64 Å². The maximum Gasteiger partial charge on any atom is 0.269 e. The number of ether oxygens (including phenoxy) is 1. The molecule has 27 heavy (non-hydrogen) atoms. The average Bonchev–Trinajstić information content (AvgIpc) is 2.68. The average molecular weight is 369 g/mol. The highest BCUT2D eigenvalue weighted by Crippen LogP contribution is 2.15. The lowest BCUT2D eigenvalue weighted by Crippen LogP contribution is -2.42. The zero-order chi connectivity index (χ0) is 19.6. The molecule has 2 aromatic rings. The van der Waals surface area contributed by atoms with Crippen molar-refractivity contribution in [3.8, 4) is 5.75 Å². The van der Waals surface area contributed by atoms with E-state index in [4.69, 9.17) is 4.74 Å². The van der Waals surface area contributed by atoms with Gasteiger partial charge in [-0.1, -0.05) is 12.1 Å². The van der Waals surface area contributed by atoms with E-state index >= 15 is 0 Å². The minimum absolute atomic E-state index is 0.148. The van der Waals surface area contributed by atoms with Crippen LogP contribution >= 0.6 is 0 Å². The molecule has 0 spiro atoms. The van der Waals surface area contributed by atoms with Crippen LogP contribution in [-0.4, -0.2) is 31.5 Å². The van der Waals surface area contributed by atoms with E-state index in [2.05, 4.69) is 29.6 Å². The second-order valence-corrected chi connectivity index (χ2v) is 6.14. The number of nitrogens with zero attached hydrogens (tertiary/aromatic N) is 1. The number of aryl methyl sites for hydroxylation is 1. The molecule has 0 atom stereocenters. The maximum atomic E-state index is 12.1. The first-order valence-corrected chi connectivity index (χ1v) is 9.17. The van der Waals surface area contributed by atoms with E-state index in [1.807, 2.05) is 43.3 Å². The van der Waals surface area contributed by atoms with Gasteiger partial charge in [0.1, 0.15) is 5.75 Å². The molecule has 6 nitrogen and oxygen atoms in total.